The van der Waals surface area contributed by atoms with E-state index in [0.29, 0.717) is 6.10 Å². The van der Waals surface area contributed by atoms with Gasteiger partial charge in [-0.1, -0.05) is 6.92 Å². The van der Waals surface area contributed by atoms with Gasteiger partial charge in [-0.05, 0) is 27.3 Å². The quantitative estimate of drug-likeness (QED) is 0.788. The molecular formula is C13H25N3OS. The van der Waals surface area contributed by atoms with Crippen molar-refractivity contribution in [3.8, 4) is 0 Å². The Morgan fingerprint density at radius 3 is 2.78 bits per heavy atom. The van der Waals surface area contributed by atoms with Crippen LogP contribution in [0.4, 0.5) is 5.13 Å². The van der Waals surface area contributed by atoms with Crippen molar-refractivity contribution in [3.05, 3.63) is 10.6 Å². The first-order valence-electron chi connectivity index (χ1n) is 6.54. The van der Waals surface area contributed by atoms with Crippen molar-refractivity contribution < 1.29 is 4.74 Å². The highest BCUT2D eigenvalue weighted by Crippen LogP contribution is 2.24. The summed E-state index contributed by atoms with van der Waals surface area (Å²) in [6.45, 7) is 11.8. The van der Waals surface area contributed by atoms with Gasteiger partial charge in [-0.15, -0.1) is 11.3 Å². The molecule has 0 aromatic carbocycles. The number of rotatable bonds is 8. The van der Waals surface area contributed by atoms with Gasteiger partial charge >= 0.3 is 0 Å². The van der Waals surface area contributed by atoms with Gasteiger partial charge in [-0.25, -0.2) is 4.98 Å². The van der Waals surface area contributed by atoms with E-state index in [1.807, 2.05) is 0 Å². The molecule has 1 rings (SSSR count). The number of anilines is 1. The number of ether oxygens (including phenoxy) is 1. The van der Waals surface area contributed by atoms with Crippen molar-refractivity contribution in [2.75, 3.05) is 31.6 Å². The zero-order valence-electron chi connectivity index (χ0n) is 12.1. The van der Waals surface area contributed by atoms with Gasteiger partial charge in [0.15, 0.2) is 5.13 Å². The molecule has 0 spiro atoms. The van der Waals surface area contributed by atoms with Gasteiger partial charge in [0.25, 0.3) is 0 Å². The molecule has 5 heteroatoms. The number of likely N-dealkylation sites (N-methyl/N-ethyl adjacent to an activating group) is 1. The Kier molecular flexibility index (Phi) is 6.60. The summed E-state index contributed by atoms with van der Waals surface area (Å²) in [5.41, 5.74) is 1.13. The normalized spacial score (nSPS) is 11.2. The van der Waals surface area contributed by atoms with Crippen LogP contribution in [0.3, 0.4) is 0 Å². The van der Waals surface area contributed by atoms with Gasteiger partial charge in [0.2, 0.25) is 0 Å². The second kappa shape index (κ2) is 7.71. The zero-order chi connectivity index (χ0) is 13.5. The third-order valence-electron chi connectivity index (χ3n) is 2.62. The molecule has 0 unspecified atom stereocenters. The minimum Gasteiger partial charge on any atom is -0.377 e. The zero-order valence-corrected chi connectivity index (χ0v) is 12.9. The topological polar surface area (TPSA) is 37.4 Å². The summed E-state index contributed by atoms with van der Waals surface area (Å²) in [7, 11) is 2.07. The van der Waals surface area contributed by atoms with E-state index in [1.165, 1.54) is 4.88 Å². The number of nitrogens with zero attached hydrogens (tertiary/aromatic N) is 2. The lowest BCUT2D eigenvalue weighted by Crippen LogP contribution is -2.23. The Morgan fingerprint density at radius 2 is 2.17 bits per heavy atom. The van der Waals surface area contributed by atoms with Crippen molar-refractivity contribution in [2.24, 2.45) is 0 Å². The maximum atomic E-state index is 5.56. The Hall–Kier alpha value is -0.650. The number of thiazole rings is 1. The van der Waals surface area contributed by atoms with Crippen LogP contribution < -0.4 is 10.2 Å². The number of nitrogens with one attached hydrogen (secondary N) is 1. The molecule has 0 aliphatic carbocycles. The Balaban J connectivity index is 2.49. The molecule has 104 valence electrons. The third-order valence-corrected chi connectivity index (χ3v) is 3.89. The summed E-state index contributed by atoms with van der Waals surface area (Å²) >= 11 is 1.76. The Labute approximate surface area is 114 Å². The lowest BCUT2D eigenvalue weighted by atomic mass is 10.4. The van der Waals surface area contributed by atoms with Gasteiger partial charge in [0, 0.05) is 25.0 Å². The summed E-state index contributed by atoms with van der Waals surface area (Å²) in [5, 5.41) is 4.42. The van der Waals surface area contributed by atoms with E-state index in [0.717, 1.165) is 37.1 Å². The molecule has 18 heavy (non-hydrogen) atoms. The first kappa shape index (κ1) is 15.4. The van der Waals surface area contributed by atoms with E-state index < -0.39 is 0 Å². The third kappa shape index (κ3) is 4.92. The number of aromatic nitrogens is 1. The van der Waals surface area contributed by atoms with Crippen LogP contribution in [-0.2, 0) is 11.3 Å². The summed E-state index contributed by atoms with van der Waals surface area (Å²) in [6.07, 6.45) is 0.292. The molecule has 0 aliphatic heterocycles. The summed E-state index contributed by atoms with van der Waals surface area (Å²) in [4.78, 5) is 8.09. The second-order valence-electron chi connectivity index (χ2n) is 4.63. The number of hydrogen-bond donors (Lipinski definition) is 1. The van der Waals surface area contributed by atoms with Gasteiger partial charge in [0.05, 0.1) is 18.4 Å². The molecule has 0 fully saturated rings. The van der Waals surface area contributed by atoms with E-state index in [2.05, 4.69) is 49.9 Å². The fourth-order valence-electron chi connectivity index (χ4n) is 1.50. The summed E-state index contributed by atoms with van der Waals surface area (Å²) in [5.74, 6) is 0. The molecule has 4 nitrogen and oxygen atoms in total. The molecule has 0 amide bonds. The predicted molar refractivity (Wildman–Crippen MR) is 78.6 cm³/mol. The average Bonchev–Trinajstić information content (AvgIpc) is 2.67. The standard InChI is InChI=1S/C13H25N3OS/c1-6-14-9-12-11(4)15-13(18-12)16(5)7-8-17-10(2)3/h10,14H,6-9H2,1-5H3. The van der Waals surface area contributed by atoms with Crippen molar-refractivity contribution in [1.29, 1.82) is 0 Å². The van der Waals surface area contributed by atoms with Crippen LogP contribution in [0.25, 0.3) is 0 Å². The van der Waals surface area contributed by atoms with Crippen molar-refractivity contribution in [2.45, 2.75) is 40.3 Å². The fourth-order valence-corrected chi connectivity index (χ4v) is 2.52. The molecule has 1 aromatic rings. The molecule has 0 bridgehead atoms. The predicted octanol–water partition coefficient (Wildman–Crippen LogP) is 2.42. The van der Waals surface area contributed by atoms with E-state index >= 15 is 0 Å². The molecule has 0 saturated heterocycles. The number of aryl methyl sites for hydroxylation is 1. The van der Waals surface area contributed by atoms with Crippen LogP contribution in [0.15, 0.2) is 0 Å². The molecule has 1 N–H and O–H groups in total. The van der Waals surface area contributed by atoms with E-state index in [1.54, 1.807) is 11.3 Å². The van der Waals surface area contributed by atoms with Crippen molar-refractivity contribution >= 4 is 16.5 Å². The smallest absolute Gasteiger partial charge is 0.185 e. The molecule has 0 radical (unpaired) electrons. The van der Waals surface area contributed by atoms with E-state index in [-0.39, 0.29) is 0 Å². The maximum Gasteiger partial charge on any atom is 0.185 e. The summed E-state index contributed by atoms with van der Waals surface area (Å²) in [6, 6.07) is 0. The number of hydrogen-bond acceptors (Lipinski definition) is 5. The Morgan fingerprint density at radius 1 is 1.44 bits per heavy atom. The highest BCUT2D eigenvalue weighted by atomic mass is 32.1. The molecule has 1 heterocycles. The van der Waals surface area contributed by atoms with E-state index in [4.69, 9.17) is 4.74 Å². The SMILES string of the molecule is CCNCc1sc(N(C)CCOC(C)C)nc1C. The first-order valence-corrected chi connectivity index (χ1v) is 7.36. The van der Waals surface area contributed by atoms with Gasteiger partial charge in [-0.2, -0.15) is 0 Å². The van der Waals surface area contributed by atoms with Crippen LogP contribution in [0.2, 0.25) is 0 Å². The van der Waals surface area contributed by atoms with Crippen LogP contribution in [-0.4, -0.2) is 37.8 Å². The molecule has 0 atom stereocenters. The minimum absolute atomic E-state index is 0.292. The molecule has 0 aliphatic rings. The maximum absolute atomic E-state index is 5.56. The van der Waals surface area contributed by atoms with Gasteiger partial charge < -0.3 is 15.0 Å². The van der Waals surface area contributed by atoms with Gasteiger partial charge in [-0.3, -0.25) is 0 Å². The van der Waals surface area contributed by atoms with Crippen LogP contribution in [0.5, 0.6) is 0 Å². The second-order valence-corrected chi connectivity index (χ2v) is 5.69. The fraction of sp³-hybridized carbons (Fsp3) is 0.769. The molecule has 1 aromatic heterocycles. The highest BCUT2D eigenvalue weighted by Gasteiger charge is 2.10. The largest absolute Gasteiger partial charge is 0.377 e. The lowest BCUT2D eigenvalue weighted by Gasteiger charge is -2.16. The molecule has 0 saturated carbocycles. The van der Waals surface area contributed by atoms with Crippen LogP contribution in [0.1, 0.15) is 31.3 Å². The summed E-state index contributed by atoms with van der Waals surface area (Å²) < 4.78 is 5.56. The first-order chi connectivity index (χ1) is 8.54. The lowest BCUT2D eigenvalue weighted by molar-refractivity contribution is 0.0846. The molecular weight excluding hydrogens is 246 g/mol. The van der Waals surface area contributed by atoms with Crippen LogP contribution in [0, 0.1) is 6.92 Å². The highest BCUT2D eigenvalue weighted by molar-refractivity contribution is 7.15. The Bertz CT molecular complexity index is 352. The average molecular weight is 271 g/mol. The minimum atomic E-state index is 0.292. The van der Waals surface area contributed by atoms with Crippen molar-refractivity contribution in [3.63, 3.8) is 0 Å². The van der Waals surface area contributed by atoms with E-state index in [9.17, 15) is 0 Å². The van der Waals surface area contributed by atoms with Crippen molar-refractivity contribution in [1.82, 2.24) is 10.3 Å². The monoisotopic (exact) mass is 271 g/mol. The van der Waals surface area contributed by atoms with Crippen LogP contribution >= 0.6 is 11.3 Å². The van der Waals surface area contributed by atoms with Gasteiger partial charge in [0.1, 0.15) is 0 Å².